The number of nitrogens with one attached hydrogen (secondary N) is 2. The third-order valence-electron chi connectivity index (χ3n) is 5.07. The largest absolute Gasteiger partial charge is 0.376 e. The lowest BCUT2D eigenvalue weighted by molar-refractivity contribution is -0.116. The summed E-state index contributed by atoms with van der Waals surface area (Å²) < 4.78 is 39.9. The molecule has 2 aliphatic rings. The molecule has 0 bridgehead atoms. The summed E-state index contributed by atoms with van der Waals surface area (Å²) in [6, 6.07) is 4.71. The fourth-order valence-corrected chi connectivity index (χ4v) is 6.17. The van der Waals surface area contributed by atoms with Gasteiger partial charge in [-0.3, -0.25) is 9.52 Å². The van der Waals surface area contributed by atoms with Crippen LogP contribution in [-0.2, 0) is 39.0 Å². The maximum Gasteiger partial charge on any atom is 0.262 e. The third-order valence-corrected chi connectivity index (χ3v) is 7.67. The van der Waals surface area contributed by atoms with E-state index in [-0.39, 0.29) is 16.7 Å². The summed E-state index contributed by atoms with van der Waals surface area (Å²) in [7, 11) is -3.87. The molecule has 0 atom stereocenters. The Bertz CT molecular complexity index is 1260. The van der Waals surface area contributed by atoms with Crippen LogP contribution in [0.3, 0.4) is 0 Å². The number of sulfonamides is 1. The SMILES string of the molecule is Cc1noc(-c2c(NS(=O)(=O)c3ccc4c(c3)CCC(=O)N4)sc3c2CCOC3)n1. The highest BCUT2D eigenvalue weighted by atomic mass is 32.2. The molecule has 0 aliphatic carbocycles. The number of fused-ring (bicyclic) bond motifs is 2. The van der Waals surface area contributed by atoms with Gasteiger partial charge in [0.15, 0.2) is 5.82 Å². The molecule has 0 radical (unpaired) electrons. The van der Waals surface area contributed by atoms with Crippen molar-refractivity contribution >= 4 is 38.0 Å². The van der Waals surface area contributed by atoms with E-state index in [9.17, 15) is 13.2 Å². The number of rotatable bonds is 4. The number of carbonyl (C=O) groups is 1. The molecular weight excluding hydrogens is 428 g/mol. The van der Waals surface area contributed by atoms with Crippen molar-refractivity contribution in [1.29, 1.82) is 0 Å². The molecule has 1 aromatic carbocycles. The predicted molar refractivity (Wildman–Crippen MR) is 110 cm³/mol. The summed E-state index contributed by atoms with van der Waals surface area (Å²) in [5.74, 6) is 0.697. The first kappa shape index (κ1) is 19.2. The monoisotopic (exact) mass is 446 g/mol. The van der Waals surface area contributed by atoms with E-state index in [1.807, 2.05) is 0 Å². The van der Waals surface area contributed by atoms with E-state index < -0.39 is 10.0 Å². The molecule has 1 amide bonds. The van der Waals surface area contributed by atoms with Crippen molar-refractivity contribution in [2.24, 2.45) is 0 Å². The minimum atomic E-state index is -3.87. The zero-order valence-corrected chi connectivity index (χ0v) is 17.7. The van der Waals surface area contributed by atoms with Crippen LogP contribution in [0, 0.1) is 6.92 Å². The lowest BCUT2D eigenvalue weighted by Crippen LogP contribution is -2.20. The van der Waals surface area contributed by atoms with E-state index in [0.717, 1.165) is 16.0 Å². The number of carbonyl (C=O) groups excluding carboxylic acids is 1. The predicted octanol–water partition coefficient (Wildman–Crippen LogP) is 2.86. The highest BCUT2D eigenvalue weighted by Gasteiger charge is 2.29. The summed E-state index contributed by atoms with van der Waals surface area (Å²) in [5.41, 5.74) is 3.04. The fourth-order valence-electron chi connectivity index (χ4n) is 3.64. The van der Waals surface area contributed by atoms with E-state index >= 15 is 0 Å². The number of nitrogens with zero attached hydrogens (tertiary/aromatic N) is 2. The highest BCUT2D eigenvalue weighted by Crippen LogP contribution is 2.43. The Morgan fingerprint density at radius 3 is 2.90 bits per heavy atom. The summed E-state index contributed by atoms with van der Waals surface area (Å²) in [6.07, 6.45) is 1.48. The van der Waals surface area contributed by atoms with Gasteiger partial charge in [0, 0.05) is 17.0 Å². The minimum Gasteiger partial charge on any atom is -0.376 e. The van der Waals surface area contributed by atoms with Gasteiger partial charge in [-0.1, -0.05) is 5.16 Å². The number of amides is 1. The molecule has 30 heavy (non-hydrogen) atoms. The number of ether oxygens (including phenoxy) is 1. The Balaban J connectivity index is 1.54. The van der Waals surface area contributed by atoms with E-state index in [4.69, 9.17) is 9.26 Å². The van der Waals surface area contributed by atoms with Gasteiger partial charge < -0.3 is 14.6 Å². The average Bonchev–Trinajstić information content (AvgIpc) is 3.29. The summed E-state index contributed by atoms with van der Waals surface area (Å²) in [5, 5.41) is 7.04. The number of hydrogen-bond acceptors (Lipinski definition) is 8. The summed E-state index contributed by atoms with van der Waals surface area (Å²) >= 11 is 1.32. The Kier molecular flexibility index (Phi) is 4.60. The summed E-state index contributed by atoms with van der Waals surface area (Å²) in [6.45, 7) is 2.68. The van der Waals surface area contributed by atoms with Gasteiger partial charge in [-0.2, -0.15) is 4.98 Å². The molecule has 2 aliphatic heterocycles. The van der Waals surface area contributed by atoms with Crippen LogP contribution in [0.25, 0.3) is 11.5 Å². The van der Waals surface area contributed by atoms with Crippen LogP contribution in [-0.4, -0.2) is 31.1 Å². The van der Waals surface area contributed by atoms with Crippen LogP contribution in [0.4, 0.5) is 10.7 Å². The third kappa shape index (κ3) is 3.38. The average molecular weight is 447 g/mol. The number of benzene rings is 1. The van der Waals surface area contributed by atoms with E-state index in [2.05, 4.69) is 20.2 Å². The van der Waals surface area contributed by atoms with E-state index in [1.54, 1.807) is 19.1 Å². The van der Waals surface area contributed by atoms with Crippen LogP contribution in [0.15, 0.2) is 27.6 Å². The van der Waals surface area contributed by atoms with Crippen LogP contribution in [0.1, 0.15) is 28.2 Å². The lowest BCUT2D eigenvalue weighted by atomic mass is 10.0. The lowest BCUT2D eigenvalue weighted by Gasteiger charge is -2.17. The van der Waals surface area contributed by atoms with Gasteiger partial charge in [0.25, 0.3) is 15.9 Å². The maximum atomic E-state index is 13.2. The zero-order chi connectivity index (χ0) is 20.9. The van der Waals surface area contributed by atoms with Gasteiger partial charge >= 0.3 is 0 Å². The Labute approximate surface area is 176 Å². The fraction of sp³-hybridized carbons (Fsp3) is 0.316. The van der Waals surface area contributed by atoms with Crippen LogP contribution < -0.4 is 10.0 Å². The molecule has 2 N–H and O–H groups in total. The second kappa shape index (κ2) is 7.18. The summed E-state index contributed by atoms with van der Waals surface area (Å²) in [4.78, 5) is 16.9. The van der Waals surface area contributed by atoms with Crippen LogP contribution in [0.5, 0.6) is 0 Å². The van der Waals surface area contributed by atoms with Crippen molar-refractivity contribution in [3.8, 4) is 11.5 Å². The molecule has 0 fully saturated rings. The molecule has 4 heterocycles. The second-order valence-corrected chi connectivity index (χ2v) is 9.92. The topological polar surface area (TPSA) is 123 Å². The first-order chi connectivity index (χ1) is 14.4. The van der Waals surface area contributed by atoms with Gasteiger partial charge in [-0.25, -0.2) is 8.42 Å². The van der Waals surface area contributed by atoms with Gasteiger partial charge in [0.1, 0.15) is 5.00 Å². The Morgan fingerprint density at radius 1 is 1.23 bits per heavy atom. The number of thiophene rings is 1. The molecule has 156 valence electrons. The van der Waals surface area contributed by atoms with Crippen molar-refractivity contribution in [1.82, 2.24) is 10.1 Å². The Morgan fingerprint density at radius 2 is 2.10 bits per heavy atom. The van der Waals surface area contributed by atoms with Gasteiger partial charge in [-0.15, -0.1) is 11.3 Å². The smallest absolute Gasteiger partial charge is 0.262 e. The van der Waals surface area contributed by atoms with Crippen LogP contribution >= 0.6 is 11.3 Å². The first-order valence-corrected chi connectivity index (χ1v) is 11.7. The molecule has 0 saturated heterocycles. The number of aryl methyl sites for hydroxylation is 2. The molecule has 9 nitrogen and oxygen atoms in total. The Hall–Kier alpha value is -2.76. The quantitative estimate of drug-likeness (QED) is 0.631. The van der Waals surface area contributed by atoms with Crippen molar-refractivity contribution in [2.45, 2.75) is 37.7 Å². The number of hydrogen-bond donors (Lipinski definition) is 2. The molecule has 0 saturated carbocycles. The molecule has 0 spiro atoms. The first-order valence-electron chi connectivity index (χ1n) is 9.39. The van der Waals surface area contributed by atoms with E-state index in [0.29, 0.717) is 54.6 Å². The molecule has 11 heteroatoms. The van der Waals surface area contributed by atoms with Crippen molar-refractivity contribution in [2.75, 3.05) is 16.6 Å². The second-order valence-electron chi connectivity index (χ2n) is 7.13. The van der Waals surface area contributed by atoms with Crippen molar-refractivity contribution in [3.05, 3.63) is 40.0 Å². The van der Waals surface area contributed by atoms with Gasteiger partial charge in [0.2, 0.25) is 5.91 Å². The molecule has 0 unspecified atom stereocenters. The van der Waals surface area contributed by atoms with Gasteiger partial charge in [0.05, 0.1) is 23.7 Å². The molecule has 2 aromatic heterocycles. The minimum absolute atomic E-state index is 0.0675. The van der Waals surface area contributed by atoms with E-state index in [1.165, 1.54) is 17.4 Å². The molecule has 3 aromatic rings. The highest BCUT2D eigenvalue weighted by molar-refractivity contribution is 7.93. The van der Waals surface area contributed by atoms with Crippen molar-refractivity contribution in [3.63, 3.8) is 0 Å². The maximum absolute atomic E-state index is 13.2. The molecule has 5 rings (SSSR count). The number of anilines is 2. The van der Waals surface area contributed by atoms with Crippen molar-refractivity contribution < 1.29 is 22.5 Å². The zero-order valence-electron chi connectivity index (χ0n) is 16.0. The van der Waals surface area contributed by atoms with Crippen LogP contribution in [0.2, 0.25) is 0 Å². The standard InChI is InChI=1S/C19H18N4O5S2/c1-10-20-18(28-22-10)17-13-6-7-27-9-15(13)29-19(17)23-30(25,26)12-3-4-14-11(8-12)2-5-16(24)21-14/h3-4,8,23H,2,5-7,9H2,1H3,(H,21,24). The molecular formula is C19H18N4O5S2. The van der Waals surface area contributed by atoms with Gasteiger partial charge in [-0.05, 0) is 49.1 Å². The normalized spacial score (nSPS) is 16.0. The number of aromatic nitrogens is 2.